The van der Waals surface area contributed by atoms with Gasteiger partial charge >= 0.3 is 0 Å². The van der Waals surface area contributed by atoms with Crippen LogP contribution in [0.15, 0.2) is 12.4 Å². The molecule has 0 unspecified atom stereocenters. The smallest absolute Gasteiger partial charge is 0.147 e. The first-order valence-corrected chi connectivity index (χ1v) is 9.63. The lowest BCUT2D eigenvalue weighted by molar-refractivity contribution is -0.123. The van der Waals surface area contributed by atoms with Gasteiger partial charge in [0.15, 0.2) is 0 Å². The molecule has 0 atom stereocenters. The third-order valence-corrected chi connectivity index (χ3v) is 4.49. The van der Waals surface area contributed by atoms with E-state index < -0.39 is 0 Å². The molecule has 1 N–H and O–H groups in total. The maximum absolute atomic E-state index is 11.8. The quantitative estimate of drug-likeness (QED) is 0.605. The molecule has 0 saturated carbocycles. The Balaban J connectivity index is 1.65. The van der Waals surface area contributed by atoms with Crippen molar-refractivity contribution in [3.05, 3.63) is 12.4 Å². The maximum Gasteiger partial charge on any atom is 0.147 e. The van der Waals surface area contributed by atoms with Crippen LogP contribution in [0.2, 0.25) is 0 Å². The first-order chi connectivity index (χ1) is 12.6. The summed E-state index contributed by atoms with van der Waals surface area (Å²) in [6.07, 6.45) is 6.24. The predicted molar refractivity (Wildman–Crippen MR) is 103 cm³/mol. The Labute approximate surface area is 156 Å². The molecule has 2 heterocycles. The van der Waals surface area contributed by atoms with Crippen molar-refractivity contribution in [1.82, 2.24) is 9.97 Å². The second-order valence-corrected chi connectivity index (χ2v) is 6.80. The minimum absolute atomic E-state index is 0.219. The minimum atomic E-state index is 0.219. The zero-order valence-corrected chi connectivity index (χ0v) is 16.2. The molecule has 1 aromatic rings. The molecule has 7 nitrogen and oxygen atoms in total. The molecule has 0 aromatic carbocycles. The van der Waals surface area contributed by atoms with Crippen molar-refractivity contribution >= 4 is 17.4 Å². The van der Waals surface area contributed by atoms with Gasteiger partial charge in [-0.15, -0.1) is 0 Å². The Hall–Kier alpha value is -1.73. The number of ether oxygens (including phenoxy) is 2. The van der Waals surface area contributed by atoms with Gasteiger partial charge in [-0.25, -0.2) is 9.97 Å². The molecular weight excluding hydrogens is 332 g/mol. The largest absolute Gasteiger partial charge is 0.377 e. The third kappa shape index (κ3) is 6.88. The van der Waals surface area contributed by atoms with Crippen LogP contribution in [0.25, 0.3) is 0 Å². The van der Waals surface area contributed by atoms with Crippen LogP contribution in [0, 0.1) is 5.92 Å². The van der Waals surface area contributed by atoms with E-state index in [2.05, 4.69) is 20.2 Å². The van der Waals surface area contributed by atoms with E-state index in [1.165, 1.54) is 0 Å². The molecule has 0 aliphatic carbocycles. The second-order valence-electron chi connectivity index (χ2n) is 6.80. The summed E-state index contributed by atoms with van der Waals surface area (Å²) in [5, 5.41) is 3.20. The zero-order valence-electron chi connectivity index (χ0n) is 16.2. The van der Waals surface area contributed by atoms with Gasteiger partial charge in [0.05, 0.1) is 38.3 Å². The molecule has 26 heavy (non-hydrogen) atoms. The number of hydrogen-bond donors (Lipinski definition) is 1. The van der Waals surface area contributed by atoms with Gasteiger partial charge in [-0.2, -0.15) is 0 Å². The fourth-order valence-corrected chi connectivity index (χ4v) is 2.99. The van der Waals surface area contributed by atoms with Gasteiger partial charge < -0.3 is 19.7 Å². The summed E-state index contributed by atoms with van der Waals surface area (Å²) >= 11 is 0. The Bertz CT molecular complexity index is 528. The van der Waals surface area contributed by atoms with Gasteiger partial charge in [-0.3, -0.25) is 4.79 Å². The fraction of sp³-hybridized carbons (Fsp3) is 0.737. The van der Waals surface area contributed by atoms with Crippen LogP contribution in [0.1, 0.15) is 40.0 Å². The molecule has 0 amide bonds. The zero-order chi connectivity index (χ0) is 18.8. The van der Waals surface area contributed by atoms with E-state index in [4.69, 9.17) is 9.47 Å². The SMILES string of the molecule is CCC(=O)C1CCN(c2cnc(NCCOCCOC(C)C)cn2)CC1. The maximum atomic E-state index is 11.8. The van der Waals surface area contributed by atoms with Crippen molar-refractivity contribution in [2.75, 3.05) is 49.7 Å². The minimum Gasteiger partial charge on any atom is -0.377 e. The summed E-state index contributed by atoms with van der Waals surface area (Å²) in [7, 11) is 0. The van der Waals surface area contributed by atoms with Gasteiger partial charge in [0.1, 0.15) is 17.4 Å². The van der Waals surface area contributed by atoms with Crippen LogP contribution in [0.4, 0.5) is 11.6 Å². The summed E-state index contributed by atoms with van der Waals surface area (Å²) in [6.45, 7) is 10.2. The van der Waals surface area contributed by atoms with E-state index in [1.54, 1.807) is 12.4 Å². The number of piperidine rings is 1. The van der Waals surface area contributed by atoms with Crippen molar-refractivity contribution in [3.8, 4) is 0 Å². The molecule has 1 aliphatic heterocycles. The molecule has 7 heteroatoms. The first kappa shape index (κ1) is 20.6. The molecule has 1 saturated heterocycles. The van der Waals surface area contributed by atoms with Crippen molar-refractivity contribution in [2.45, 2.75) is 46.1 Å². The summed E-state index contributed by atoms with van der Waals surface area (Å²) in [5.74, 6) is 2.22. The number of nitrogens with one attached hydrogen (secondary N) is 1. The lowest BCUT2D eigenvalue weighted by Gasteiger charge is -2.31. The summed E-state index contributed by atoms with van der Waals surface area (Å²) in [4.78, 5) is 22.9. The highest BCUT2D eigenvalue weighted by atomic mass is 16.5. The van der Waals surface area contributed by atoms with Crippen LogP contribution >= 0.6 is 0 Å². The standard InChI is InChI=1S/C19H32N4O3/c1-4-17(24)16-5-8-23(9-6-16)19-14-21-18(13-22-19)20-7-10-25-11-12-26-15(2)3/h13-16H,4-12H2,1-3H3,(H,20,21). The van der Waals surface area contributed by atoms with Gasteiger partial charge in [-0.1, -0.05) is 6.92 Å². The van der Waals surface area contributed by atoms with E-state index in [1.807, 2.05) is 20.8 Å². The predicted octanol–water partition coefficient (Wildman–Crippen LogP) is 2.53. The first-order valence-electron chi connectivity index (χ1n) is 9.63. The molecule has 146 valence electrons. The van der Waals surface area contributed by atoms with Crippen molar-refractivity contribution in [2.24, 2.45) is 5.92 Å². The molecule has 1 aliphatic rings. The molecule has 1 fully saturated rings. The van der Waals surface area contributed by atoms with Crippen LogP contribution in [-0.4, -0.2) is 61.3 Å². The van der Waals surface area contributed by atoms with Crippen molar-refractivity contribution in [3.63, 3.8) is 0 Å². The highest BCUT2D eigenvalue weighted by Gasteiger charge is 2.24. The average Bonchev–Trinajstić information content (AvgIpc) is 2.67. The topological polar surface area (TPSA) is 76.6 Å². The van der Waals surface area contributed by atoms with Crippen LogP contribution < -0.4 is 10.2 Å². The van der Waals surface area contributed by atoms with Gasteiger partial charge in [0, 0.05) is 32.0 Å². The van der Waals surface area contributed by atoms with Gasteiger partial charge in [0.2, 0.25) is 0 Å². The number of ketones is 1. The van der Waals surface area contributed by atoms with Crippen molar-refractivity contribution < 1.29 is 14.3 Å². The lowest BCUT2D eigenvalue weighted by Crippen LogP contribution is -2.36. The van der Waals surface area contributed by atoms with Gasteiger partial charge in [0.25, 0.3) is 0 Å². The van der Waals surface area contributed by atoms with Crippen LogP contribution in [0.3, 0.4) is 0 Å². The number of Topliss-reactive ketones (excluding diaryl/α,β-unsaturated/α-hetero) is 1. The fourth-order valence-electron chi connectivity index (χ4n) is 2.99. The number of anilines is 2. The average molecular weight is 364 g/mol. The van der Waals surface area contributed by atoms with Crippen LogP contribution in [-0.2, 0) is 14.3 Å². The second kappa shape index (κ2) is 11.1. The molecule has 1 aromatic heterocycles. The summed E-state index contributed by atoms with van der Waals surface area (Å²) < 4.78 is 10.9. The molecule has 0 bridgehead atoms. The lowest BCUT2D eigenvalue weighted by atomic mass is 9.91. The Morgan fingerprint density at radius 3 is 2.62 bits per heavy atom. The number of carbonyl (C=O) groups is 1. The number of nitrogens with zero attached hydrogens (tertiary/aromatic N) is 3. The summed E-state index contributed by atoms with van der Waals surface area (Å²) in [6, 6.07) is 0. The van der Waals surface area contributed by atoms with Crippen molar-refractivity contribution in [1.29, 1.82) is 0 Å². The van der Waals surface area contributed by atoms with E-state index in [0.717, 1.165) is 37.6 Å². The third-order valence-electron chi connectivity index (χ3n) is 4.49. The highest BCUT2D eigenvalue weighted by molar-refractivity contribution is 5.80. The van der Waals surface area contributed by atoms with E-state index in [0.29, 0.717) is 38.6 Å². The van der Waals surface area contributed by atoms with E-state index >= 15 is 0 Å². The molecular formula is C19H32N4O3. The normalized spacial score (nSPS) is 15.5. The Kier molecular flexibility index (Phi) is 8.77. The molecule has 0 spiro atoms. The Morgan fingerprint density at radius 2 is 2.00 bits per heavy atom. The number of hydrogen-bond acceptors (Lipinski definition) is 7. The number of rotatable bonds is 11. The van der Waals surface area contributed by atoms with Gasteiger partial charge in [-0.05, 0) is 26.7 Å². The monoisotopic (exact) mass is 364 g/mol. The number of carbonyl (C=O) groups excluding carboxylic acids is 1. The van der Waals surface area contributed by atoms with Crippen LogP contribution in [0.5, 0.6) is 0 Å². The highest BCUT2D eigenvalue weighted by Crippen LogP contribution is 2.23. The molecule has 0 radical (unpaired) electrons. The summed E-state index contributed by atoms with van der Waals surface area (Å²) in [5.41, 5.74) is 0. The van der Waals surface area contributed by atoms with E-state index in [-0.39, 0.29) is 12.0 Å². The Morgan fingerprint density at radius 1 is 1.23 bits per heavy atom. The number of aromatic nitrogens is 2. The van der Waals surface area contributed by atoms with E-state index in [9.17, 15) is 4.79 Å². The molecule has 2 rings (SSSR count).